The van der Waals surface area contributed by atoms with E-state index in [0.29, 0.717) is 29.9 Å². The van der Waals surface area contributed by atoms with Crippen LogP contribution in [0.2, 0.25) is 0 Å². The van der Waals surface area contributed by atoms with E-state index in [9.17, 15) is 18.0 Å². The van der Waals surface area contributed by atoms with Crippen molar-refractivity contribution in [2.75, 3.05) is 32.9 Å². The van der Waals surface area contributed by atoms with E-state index in [4.69, 9.17) is 10.2 Å². The van der Waals surface area contributed by atoms with Crippen LogP contribution >= 0.6 is 0 Å². The quantitative estimate of drug-likeness (QED) is 0.593. The number of oxazole rings is 1. The summed E-state index contributed by atoms with van der Waals surface area (Å²) in [6.07, 6.45) is -4.45. The van der Waals surface area contributed by atoms with Crippen molar-refractivity contribution < 1.29 is 22.4 Å². The first-order valence-corrected chi connectivity index (χ1v) is 9.12. The second kappa shape index (κ2) is 8.58. The van der Waals surface area contributed by atoms with Crippen LogP contribution in [0.15, 0.2) is 52.9 Å². The largest absolute Gasteiger partial charge is 0.435 e. The van der Waals surface area contributed by atoms with Crippen LogP contribution in [0.1, 0.15) is 16.1 Å². The van der Waals surface area contributed by atoms with Gasteiger partial charge in [0.1, 0.15) is 0 Å². The van der Waals surface area contributed by atoms with Crippen molar-refractivity contribution in [3.8, 4) is 22.8 Å². The van der Waals surface area contributed by atoms with E-state index in [0.717, 1.165) is 12.1 Å². The number of amides is 1. The number of nitrogens with two attached hydrogens (primary N) is 1. The molecule has 3 aromatic rings. The number of hydrogen-bond donors (Lipinski definition) is 2. The molecule has 0 atom stereocenters. The van der Waals surface area contributed by atoms with Crippen LogP contribution in [0.5, 0.6) is 0 Å². The number of carbonyl (C=O) groups is 1. The Morgan fingerprint density at radius 3 is 2.43 bits per heavy atom. The Balaban J connectivity index is 1.98. The van der Waals surface area contributed by atoms with E-state index in [-0.39, 0.29) is 17.3 Å². The fourth-order valence-corrected chi connectivity index (χ4v) is 2.75. The summed E-state index contributed by atoms with van der Waals surface area (Å²) in [5, 5.41) is 2.77. The van der Waals surface area contributed by atoms with Gasteiger partial charge in [-0.3, -0.25) is 4.79 Å². The maximum atomic E-state index is 12.8. The molecule has 0 spiro atoms. The van der Waals surface area contributed by atoms with E-state index in [1.165, 1.54) is 12.1 Å². The Bertz CT molecular complexity index is 1030. The van der Waals surface area contributed by atoms with Gasteiger partial charge in [-0.05, 0) is 50.5 Å². The highest BCUT2D eigenvalue weighted by molar-refractivity contribution is 5.98. The van der Waals surface area contributed by atoms with Crippen LogP contribution in [-0.2, 0) is 6.18 Å². The first-order valence-electron chi connectivity index (χ1n) is 9.12. The Labute approximate surface area is 171 Å². The monoisotopic (exact) mass is 418 g/mol. The zero-order chi connectivity index (χ0) is 21.9. The lowest BCUT2D eigenvalue weighted by Gasteiger charge is -2.09. The molecule has 0 saturated carbocycles. The third kappa shape index (κ3) is 4.98. The Kier molecular flexibility index (Phi) is 6.12. The summed E-state index contributed by atoms with van der Waals surface area (Å²) in [7, 11) is 3.76. The van der Waals surface area contributed by atoms with E-state index in [1.54, 1.807) is 24.3 Å². The van der Waals surface area contributed by atoms with E-state index < -0.39 is 17.6 Å². The summed E-state index contributed by atoms with van der Waals surface area (Å²) < 4.78 is 44.3. The number of halogens is 3. The first kappa shape index (κ1) is 21.4. The third-order valence-electron chi connectivity index (χ3n) is 4.29. The highest BCUT2D eigenvalue weighted by Crippen LogP contribution is 2.33. The zero-order valence-electron chi connectivity index (χ0n) is 16.5. The molecule has 6 nitrogen and oxygen atoms in total. The predicted molar refractivity (Wildman–Crippen MR) is 108 cm³/mol. The number of rotatable bonds is 6. The molecule has 1 aromatic heterocycles. The number of anilines is 1. The molecule has 3 rings (SSSR count). The molecule has 0 aliphatic heterocycles. The summed E-state index contributed by atoms with van der Waals surface area (Å²) >= 11 is 0. The molecule has 158 valence electrons. The standard InChI is InChI=1S/C21H21F3N4O2/c1-28(2)11-10-26-19(29)17-18(14-4-3-5-16(25)12-14)30-20(27-17)13-6-8-15(9-7-13)21(22,23)24/h3-9,12H,10-11,25H2,1-2H3,(H,26,29). The minimum atomic E-state index is -4.45. The molecular weight excluding hydrogens is 397 g/mol. The zero-order valence-corrected chi connectivity index (χ0v) is 16.5. The number of likely N-dealkylation sites (N-methyl/N-ethyl adjacent to an activating group) is 1. The topological polar surface area (TPSA) is 84.4 Å². The number of aromatic nitrogens is 1. The molecule has 0 aliphatic rings. The van der Waals surface area contributed by atoms with Crippen LogP contribution in [-0.4, -0.2) is 43.0 Å². The predicted octanol–water partition coefficient (Wildman–Crippen LogP) is 3.90. The number of alkyl halides is 3. The van der Waals surface area contributed by atoms with E-state index in [2.05, 4.69) is 10.3 Å². The van der Waals surface area contributed by atoms with E-state index in [1.807, 2.05) is 19.0 Å². The van der Waals surface area contributed by atoms with Gasteiger partial charge in [0, 0.05) is 29.9 Å². The molecule has 0 bridgehead atoms. The second-order valence-electron chi connectivity index (χ2n) is 6.96. The average molecular weight is 418 g/mol. The van der Waals surface area contributed by atoms with Gasteiger partial charge in [-0.15, -0.1) is 0 Å². The number of carbonyl (C=O) groups excluding carboxylic acids is 1. The van der Waals surface area contributed by atoms with Crippen LogP contribution in [0.3, 0.4) is 0 Å². The maximum Gasteiger partial charge on any atom is 0.416 e. The minimum absolute atomic E-state index is 0.0363. The molecule has 0 unspecified atom stereocenters. The van der Waals surface area contributed by atoms with Gasteiger partial charge in [-0.2, -0.15) is 13.2 Å². The highest BCUT2D eigenvalue weighted by Gasteiger charge is 2.30. The highest BCUT2D eigenvalue weighted by atomic mass is 19.4. The summed E-state index contributed by atoms with van der Waals surface area (Å²) in [6, 6.07) is 11.1. The Morgan fingerprint density at radius 2 is 1.83 bits per heavy atom. The van der Waals surface area contributed by atoms with Crippen molar-refractivity contribution in [2.24, 2.45) is 0 Å². The first-order chi connectivity index (χ1) is 14.1. The van der Waals surface area contributed by atoms with Crippen molar-refractivity contribution in [3.05, 3.63) is 59.8 Å². The van der Waals surface area contributed by atoms with Crippen molar-refractivity contribution in [2.45, 2.75) is 6.18 Å². The minimum Gasteiger partial charge on any atom is -0.435 e. The average Bonchev–Trinajstić information content (AvgIpc) is 3.13. The summed E-state index contributed by atoms with van der Waals surface area (Å²) in [5.74, 6) is -0.213. The lowest BCUT2D eigenvalue weighted by Crippen LogP contribution is -2.31. The van der Waals surface area contributed by atoms with Crippen LogP contribution in [0.25, 0.3) is 22.8 Å². The number of benzene rings is 2. The molecule has 0 aliphatic carbocycles. The van der Waals surface area contributed by atoms with Gasteiger partial charge in [-0.1, -0.05) is 12.1 Å². The fraction of sp³-hybridized carbons (Fsp3) is 0.238. The molecule has 30 heavy (non-hydrogen) atoms. The number of nitrogens with one attached hydrogen (secondary N) is 1. The summed E-state index contributed by atoms with van der Waals surface area (Å²) in [4.78, 5) is 18.9. The van der Waals surface area contributed by atoms with Gasteiger partial charge in [0.2, 0.25) is 5.89 Å². The molecule has 0 radical (unpaired) electrons. The van der Waals surface area contributed by atoms with Gasteiger partial charge < -0.3 is 20.4 Å². The smallest absolute Gasteiger partial charge is 0.416 e. The van der Waals surface area contributed by atoms with Crippen LogP contribution in [0.4, 0.5) is 18.9 Å². The van der Waals surface area contributed by atoms with Crippen molar-refractivity contribution in [3.63, 3.8) is 0 Å². The second-order valence-corrected chi connectivity index (χ2v) is 6.96. The number of nitrogen functional groups attached to an aromatic ring is 1. The van der Waals surface area contributed by atoms with Gasteiger partial charge in [0.25, 0.3) is 5.91 Å². The SMILES string of the molecule is CN(C)CCNC(=O)c1nc(-c2ccc(C(F)(F)F)cc2)oc1-c1cccc(N)c1. The molecule has 3 N–H and O–H groups in total. The van der Waals surface area contributed by atoms with Crippen molar-refractivity contribution >= 4 is 11.6 Å². The summed E-state index contributed by atoms with van der Waals surface area (Å²) in [5.41, 5.74) is 6.42. The molecule has 0 saturated heterocycles. The number of hydrogen-bond acceptors (Lipinski definition) is 5. The molecule has 1 amide bonds. The molecular formula is C21H21F3N4O2. The Hall–Kier alpha value is -3.33. The molecule has 2 aromatic carbocycles. The molecule has 9 heteroatoms. The third-order valence-corrected chi connectivity index (χ3v) is 4.29. The fourth-order valence-electron chi connectivity index (χ4n) is 2.75. The van der Waals surface area contributed by atoms with Gasteiger partial charge in [-0.25, -0.2) is 4.98 Å². The molecule has 1 heterocycles. The van der Waals surface area contributed by atoms with Crippen molar-refractivity contribution in [1.29, 1.82) is 0 Å². The lowest BCUT2D eigenvalue weighted by molar-refractivity contribution is -0.137. The number of nitrogens with zero attached hydrogens (tertiary/aromatic N) is 2. The van der Waals surface area contributed by atoms with Crippen LogP contribution < -0.4 is 11.1 Å². The summed E-state index contributed by atoms with van der Waals surface area (Å²) in [6.45, 7) is 1.02. The van der Waals surface area contributed by atoms with Gasteiger partial charge >= 0.3 is 6.18 Å². The lowest BCUT2D eigenvalue weighted by atomic mass is 10.1. The van der Waals surface area contributed by atoms with Crippen LogP contribution in [0, 0.1) is 0 Å². The van der Waals surface area contributed by atoms with Gasteiger partial charge in [0.05, 0.1) is 5.56 Å². The normalized spacial score (nSPS) is 11.7. The van der Waals surface area contributed by atoms with Gasteiger partial charge in [0.15, 0.2) is 11.5 Å². The maximum absolute atomic E-state index is 12.8. The Morgan fingerprint density at radius 1 is 1.13 bits per heavy atom. The van der Waals surface area contributed by atoms with E-state index >= 15 is 0 Å². The van der Waals surface area contributed by atoms with Crippen molar-refractivity contribution in [1.82, 2.24) is 15.2 Å². The molecule has 0 fully saturated rings.